The monoisotopic (exact) mass is 419 g/mol. The zero-order valence-corrected chi connectivity index (χ0v) is 18.2. The van der Waals surface area contributed by atoms with E-state index in [-0.39, 0.29) is 24.3 Å². The second-order valence-electron chi connectivity index (χ2n) is 8.05. The lowest BCUT2D eigenvalue weighted by atomic mass is 9.79. The third-order valence-corrected chi connectivity index (χ3v) is 7.13. The number of fused-ring (bicyclic) bond motifs is 2. The van der Waals surface area contributed by atoms with Gasteiger partial charge >= 0.3 is 11.9 Å². The van der Waals surface area contributed by atoms with Gasteiger partial charge in [0.25, 0.3) is 0 Å². The van der Waals surface area contributed by atoms with E-state index in [0.29, 0.717) is 10.6 Å². The Morgan fingerprint density at radius 2 is 1.83 bits per heavy atom. The van der Waals surface area contributed by atoms with Crippen LogP contribution in [0, 0.1) is 23.7 Å². The van der Waals surface area contributed by atoms with Crippen LogP contribution in [-0.2, 0) is 20.7 Å². The number of amides is 1. The van der Waals surface area contributed by atoms with Crippen LogP contribution in [0.4, 0.5) is 5.00 Å². The highest BCUT2D eigenvalue weighted by Gasteiger charge is 2.57. The molecule has 1 amide bonds. The first-order valence-corrected chi connectivity index (χ1v) is 11.1. The van der Waals surface area contributed by atoms with Crippen molar-refractivity contribution in [2.24, 2.45) is 23.7 Å². The molecular formula is C22H29NO5S. The molecule has 0 aliphatic heterocycles. The molecule has 1 aromatic heterocycles. The Kier molecular flexibility index (Phi) is 6.46. The first kappa shape index (κ1) is 21.6. The molecule has 0 spiro atoms. The number of nitrogens with one attached hydrogen (secondary N) is 1. The predicted molar refractivity (Wildman–Crippen MR) is 112 cm³/mol. The summed E-state index contributed by atoms with van der Waals surface area (Å²) in [5.74, 6) is -3.11. The molecule has 2 aliphatic carbocycles. The average molecular weight is 420 g/mol. The molecule has 0 radical (unpaired) electrons. The number of ether oxygens (including phenoxy) is 1. The number of aryl methyl sites for hydroxylation is 1. The maximum absolute atomic E-state index is 13.2. The van der Waals surface area contributed by atoms with E-state index in [4.69, 9.17) is 4.74 Å². The molecule has 29 heavy (non-hydrogen) atoms. The predicted octanol–water partition coefficient (Wildman–Crippen LogP) is 4.51. The van der Waals surface area contributed by atoms with Gasteiger partial charge in [-0.05, 0) is 57.9 Å². The quantitative estimate of drug-likeness (QED) is 0.501. The number of carboxylic acid groups (broad SMARTS) is 1. The number of hydrogen-bond acceptors (Lipinski definition) is 5. The Morgan fingerprint density at radius 1 is 1.17 bits per heavy atom. The number of hydrogen-bond donors (Lipinski definition) is 2. The van der Waals surface area contributed by atoms with Crippen LogP contribution >= 0.6 is 11.3 Å². The third-order valence-electron chi connectivity index (χ3n) is 6.02. The van der Waals surface area contributed by atoms with E-state index >= 15 is 0 Å². The van der Waals surface area contributed by atoms with Gasteiger partial charge in [-0.25, -0.2) is 4.79 Å². The molecule has 0 saturated heterocycles. The molecule has 2 N–H and O–H groups in total. The molecule has 0 unspecified atom stereocenters. The highest BCUT2D eigenvalue weighted by Crippen LogP contribution is 2.57. The van der Waals surface area contributed by atoms with E-state index in [1.165, 1.54) is 11.3 Å². The number of anilines is 1. The topological polar surface area (TPSA) is 92.7 Å². The summed E-state index contributed by atoms with van der Waals surface area (Å²) >= 11 is 1.37. The fourth-order valence-electron chi connectivity index (χ4n) is 5.06. The summed E-state index contributed by atoms with van der Waals surface area (Å²) in [4.78, 5) is 38.6. The van der Waals surface area contributed by atoms with Crippen molar-refractivity contribution in [1.82, 2.24) is 0 Å². The van der Waals surface area contributed by atoms with Gasteiger partial charge in [-0.15, -0.1) is 11.3 Å². The number of esters is 1. The molecule has 158 valence electrons. The van der Waals surface area contributed by atoms with Gasteiger partial charge in [0.05, 0.1) is 24.0 Å². The van der Waals surface area contributed by atoms with Crippen LogP contribution in [0.5, 0.6) is 0 Å². The summed E-state index contributed by atoms with van der Waals surface area (Å²) in [5.41, 5.74) is 2.61. The largest absolute Gasteiger partial charge is 0.481 e. The van der Waals surface area contributed by atoms with Gasteiger partial charge in [0.1, 0.15) is 5.00 Å². The number of carboxylic acids is 1. The van der Waals surface area contributed by atoms with Crippen molar-refractivity contribution in [2.45, 2.75) is 53.4 Å². The van der Waals surface area contributed by atoms with Crippen LogP contribution in [0.2, 0.25) is 0 Å². The minimum absolute atomic E-state index is 0.0350. The van der Waals surface area contributed by atoms with Crippen LogP contribution in [-0.4, -0.2) is 29.6 Å². The Morgan fingerprint density at radius 3 is 2.38 bits per heavy atom. The first-order valence-electron chi connectivity index (χ1n) is 10.3. The summed E-state index contributed by atoms with van der Waals surface area (Å²) in [6, 6.07) is 1.78. The van der Waals surface area contributed by atoms with Crippen molar-refractivity contribution in [2.75, 3.05) is 11.9 Å². The number of aliphatic carboxylic acids is 1. The lowest BCUT2D eigenvalue weighted by Gasteiger charge is -2.26. The van der Waals surface area contributed by atoms with Crippen molar-refractivity contribution in [3.63, 3.8) is 0 Å². The van der Waals surface area contributed by atoms with Gasteiger partial charge in [0, 0.05) is 4.88 Å². The summed E-state index contributed by atoms with van der Waals surface area (Å²) < 4.78 is 5.14. The Balaban J connectivity index is 1.90. The normalized spacial score (nSPS) is 25.2. The lowest BCUT2D eigenvalue weighted by molar-refractivity contribution is -0.148. The van der Waals surface area contributed by atoms with E-state index in [1.54, 1.807) is 13.0 Å². The zero-order valence-electron chi connectivity index (χ0n) is 17.4. The molecular weight excluding hydrogens is 390 g/mol. The summed E-state index contributed by atoms with van der Waals surface area (Å²) in [7, 11) is 0. The number of carbonyl (C=O) groups excluding carboxylic acids is 2. The minimum atomic E-state index is -0.917. The maximum atomic E-state index is 13.2. The van der Waals surface area contributed by atoms with Gasteiger partial charge in [-0.3, -0.25) is 9.59 Å². The SMILES string of the molecule is CCCc1cc(C(=O)OCC)c(NC(=O)[C@@H]2[C@H](C(=O)O)[C@H]3CC[C@H]2C3=C(C)C)s1. The van der Waals surface area contributed by atoms with Gasteiger partial charge in [-0.2, -0.15) is 0 Å². The molecule has 2 aliphatic rings. The molecule has 6 nitrogen and oxygen atoms in total. The standard InChI is InChI=1S/C22H29NO5S/c1-5-7-12-10-15(22(27)28-6-2)20(29-12)23-19(24)17-13-8-9-14(16(13)11(3)4)18(17)21(25)26/h10,13-14,17-18H,5-9H2,1-4H3,(H,23,24)(H,25,26)/t13-,14-,17-,18+/m0/s1. The Bertz CT molecular complexity index is 851. The van der Waals surface area contributed by atoms with Crippen molar-refractivity contribution >= 4 is 34.2 Å². The fourth-order valence-corrected chi connectivity index (χ4v) is 6.21. The molecule has 2 saturated carbocycles. The average Bonchev–Trinajstić information content (AvgIpc) is 3.33. The van der Waals surface area contributed by atoms with E-state index in [0.717, 1.165) is 41.7 Å². The second-order valence-corrected chi connectivity index (χ2v) is 9.19. The van der Waals surface area contributed by atoms with Crippen molar-refractivity contribution in [1.29, 1.82) is 0 Å². The molecule has 2 fully saturated rings. The van der Waals surface area contributed by atoms with Crippen molar-refractivity contribution < 1.29 is 24.2 Å². The number of thiophene rings is 1. The van der Waals surface area contributed by atoms with Crippen molar-refractivity contribution in [3.05, 3.63) is 27.7 Å². The Hall–Kier alpha value is -2.15. The van der Waals surface area contributed by atoms with Crippen LogP contribution in [0.15, 0.2) is 17.2 Å². The fraction of sp³-hybridized carbons (Fsp3) is 0.591. The Labute approximate surface area is 175 Å². The summed E-state index contributed by atoms with van der Waals surface area (Å²) in [6.07, 6.45) is 3.39. The van der Waals surface area contributed by atoms with Crippen LogP contribution < -0.4 is 5.32 Å². The molecule has 4 atom stereocenters. The molecule has 0 aromatic carbocycles. The minimum Gasteiger partial charge on any atom is -0.481 e. The van der Waals surface area contributed by atoms with Crippen LogP contribution in [0.25, 0.3) is 0 Å². The molecule has 1 aromatic rings. The van der Waals surface area contributed by atoms with Gasteiger partial charge in [0.15, 0.2) is 0 Å². The lowest BCUT2D eigenvalue weighted by Crippen LogP contribution is -2.37. The molecule has 3 rings (SSSR count). The first-order chi connectivity index (χ1) is 13.8. The number of rotatable bonds is 7. The summed E-state index contributed by atoms with van der Waals surface area (Å²) in [5, 5.41) is 13.2. The van der Waals surface area contributed by atoms with E-state index in [1.807, 2.05) is 13.8 Å². The molecule has 7 heteroatoms. The number of allylic oxidation sites excluding steroid dienone is 2. The summed E-state index contributed by atoms with van der Waals surface area (Å²) in [6.45, 7) is 8.03. The third kappa shape index (κ3) is 3.97. The van der Waals surface area contributed by atoms with Crippen LogP contribution in [0.3, 0.4) is 0 Å². The van der Waals surface area contributed by atoms with E-state index in [9.17, 15) is 19.5 Å². The zero-order chi connectivity index (χ0) is 21.3. The van der Waals surface area contributed by atoms with E-state index in [2.05, 4.69) is 12.2 Å². The van der Waals surface area contributed by atoms with Gasteiger partial charge in [0.2, 0.25) is 5.91 Å². The number of carbonyl (C=O) groups is 3. The highest BCUT2D eigenvalue weighted by atomic mass is 32.1. The maximum Gasteiger partial charge on any atom is 0.341 e. The molecule has 2 bridgehead atoms. The smallest absolute Gasteiger partial charge is 0.341 e. The second kappa shape index (κ2) is 8.69. The van der Waals surface area contributed by atoms with Crippen LogP contribution in [0.1, 0.15) is 62.2 Å². The van der Waals surface area contributed by atoms with E-state index < -0.39 is 23.8 Å². The van der Waals surface area contributed by atoms with Gasteiger partial charge < -0.3 is 15.2 Å². The highest BCUT2D eigenvalue weighted by molar-refractivity contribution is 7.16. The van der Waals surface area contributed by atoms with Crippen molar-refractivity contribution in [3.8, 4) is 0 Å². The molecule has 1 heterocycles. The van der Waals surface area contributed by atoms with Gasteiger partial charge in [-0.1, -0.05) is 24.5 Å².